The molecule has 162 valence electrons. The maximum absolute atomic E-state index is 12.9. The standard InChI is InChI=1S/C20H16ClFN2O5S2/c1-12(19(25)23-15-8-4-14(22)5-9-15)29-20(26)13-2-6-16(7-3-13)24-31(27,28)18-11-10-17(21)30-18/h2-12,24H,1H3,(H,23,25)/t12-/m1/s1. The van der Waals surface area contributed by atoms with Crippen LogP contribution in [-0.2, 0) is 19.6 Å². The highest BCUT2D eigenvalue weighted by Gasteiger charge is 2.20. The third-order valence-corrected chi connectivity index (χ3v) is 7.06. The number of rotatable bonds is 7. The summed E-state index contributed by atoms with van der Waals surface area (Å²) in [7, 11) is -3.80. The lowest BCUT2D eigenvalue weighted by molar-refractivity contribution is -0.123. The zero-order valence-corrected chi connectivity index (χ0v) is 18.4. The van der Waals surface area contributed by atoms with Crippen molar-refractivity contribution in [1.29, 1.82) is 0 Å². The molecule has 0 fully saturated rings. The van der Waals surface area contributed by atoms with Crippen molar-refractivity contribution in [2.24, 2.45) is 0 Å². The van der Waals surface area contributed by atoms with Crippen LogP contribution in [0.5, 0.6) is 0 Å². The van der Waals surface area contributed by atoms with Gasteiger partial charge in [-0.05, 0) is 67.6 Å². The maximum Gasteiger partial charge on any atom is 0.338 e. The summed E-state index contributed by atoms with van der Waals surface area (Å²) in [5.74, 6) is -1.79. The van der Waals surface area contributed by atoms with Gasteiger partial charge in [0.05, 0.1) is 9.90 Å². The number of hydrogen-bond acceptors (Lipinski definition) is 6. The van der Waals surface area contributed by atoms with Crippen molar-refractivity contribution >= 4 is 56.2 Å². The highest BCUT2D eigenvalue weighted by Crippen LogP contribution is 2.27. The fourth-order valence-corrected chi connectivity index (χ4v) is 4.92. The third kappa shape index (κ3) is 6.03. The number of hydrogen-bond donors (Lipinski definition) is 2. The molecule has 0 aliphatic heterocycles. The smallest absolute Gasteiger partial charge is 0.338 e. The molecule has 0 aliphatic carbocycles. The van der Waals surface area contributed by atoms with Gasteiger partial charge in [-0.2, -0.15) is 0 Å². The molecule has 1 atom stereocenters. The Morgan fingerprint density at radius 1 is 1.00 bits per heavy atom. The number of nitrogens with one attached hydrogen (secondary N) is 2. The quantitative estimate of drug-likeness (QED) is 0.482. The van der Waals surface area contributed by atoms with Crippen LogP contribution < -0.4 is 10.0 Å². The summed E-state index contributed by atoms with van der Waals surface area (Å²) in [5, 5.41) is 2.51. The molecule has 0 bridgehead atoms. The van der Waals surface area contributed by atoms with Gasteiger partial charge in [0, 0.05) is 11.4 Å². The monoisotopic (exact) mass is 482 g/mol. The van der Waals surface area contributed by atoms with Gasteiger partial charge in [0.25, 0.3) is 15.9 Å². The predicted octanol–water partition coefficient (Wildman–Crippen LogP) is 4.53. The van der Waals surface area contributed by atoms with E-state index in [2.05, 4.69) is 10.0 Å². The molecule has 0 aliphatic rings. The first-order valence-electron chi connectivity index (χ1n) is 8.80. The first kappa shape index (κ1) is 22.7. The number of sulfonamides is 1. The van der Waals surface area contributed by atoms with Crippen LogP contribution in [-0.4, -0.2) is 26.4 Å². The molecular weight excluding hydrogens is 467 g/mol. The van der Waals surface area contributed by atoms with Crippen molar-refractivity contribution < 1.29 is 27.1 Å². The minimum atomic E-state index is -3.80. The lowest BCUT2D eigenvalue weighted by atomic mass is 10.2. The van der Waals surface area contributed by atoms with Crippen molar-refractivity contribution in [2.45, 2.75) is 17.2 Å². The van der Waals surface area contributed by atoms with E-state index in [1.807, 2.05) is 0 Å². The second kappa shape index (κ2) is 9.46. The molecule has 2 aromatic carbocycles. The Morgan fingerprint density at radius 3 is 2.19 bits per heavy atom. The fraction of sp³-hybridized carbons (Fsp3) is 0.100. The van der Waals surface area contributed by atoms with E-state index in [-0.39, 0.29) is 15.5 Å². The van der Waals surface area contributed by atoms with Crippen molar-refractivity contribution in [3.8, 4) is 0 Å². The van der Waals surface area contributed by atoms with Gasteiger partial charge in [-0.15, -0.1) is 11.3 Å². The van der Waals surface area contributed by atoms with E-state index in [0.717, 1.165) is 11.3 Å². The predicted molar refractivity (Wildman–Crippen MR) is 116 cm³/mol. The SMILES string of the molecule is C[C@@H](OC(=O)c1ccc(NS(=O)(=O)c2ccc(Cl)s2)cc1)C(=O)Nc1ccc(F)cc1. The van der Waals surface area contributed by atoms with Crippen molar-refractivity contribution in [1.82, 2.24) is 0 Å². The Morgan fingerprint density at radius 2 is 1.61 bits per heavy atom. The summed E-state index contributed by atoms with van der Waals surface area (Å²) in [6, 6.07) is 13.5. The minimum Gasteiger partial charge on any atom is -0.449 e. The summed E-state index contributed by atoms with van der Waals surface area (Å²) < 4.78 is 45.5. The van der Waals surface area contributed by atoms with Gasteiger partial charge in [-0.25, -0.2) is 17.6 Å². The van der Waals surface area contributed by atoms with E-state index >= 15 is 0 Å². The largest absolute Gasteiger partial charge is 0.449 e. The van der Waals surface area contributed by atoms with Crippen LogP contribution in [0, 0.1) is 5.82 Å². The number of halogens is 2. The fourth-order valence-electron chi connectivity index (χ4n) is 2.38. The molecule has 0 saturated heterocycles. The molecule has 0 saturated carbocycles. The molecule has 7 nitrogen and oxygen atoms in total. The second-order valence-corrected chi connectivity index (χ2v) is 9.91. The van der Waals surface area contributed by atoms with Crippen LogP contribution in [0.15, 0.2) is 64.9 Å². The van der Waals surface area contributed by atoms with E-state index in [0.29, 0.717) is 10.0 Å². The number of carbonyl (C=O) groups excluding carboxylic acids is 2. The van der Waals surface area contributed by atoms with Crippen LogP contribution in [0.1, 0.15) is 17.3 Å². The van der Waals surface area contributed by atoms with Crippen LogP contribution in [0.4, 0.5) is 15.8 Å². The van der Waals surface area contributed by atoms with Crippen LogP contribution in [0.3, 0.4) is 0 Å². The molecule has 2 N–H and O–H groups in total. The maximum atomic E-state index is 12.9. The number of carbonyl (C=O) groups is 2. The Kier molecular flexibility index (Phi) is 6.94. The average Bonchev–Trinajstić information content (AvgIpc) is 3.17. The van der Waals surface area contributed by atoms with E-state index in [9.17, 15) is 22.4 Å². The normalized spacial score (nSPS) is 12.1. The second-order valence-electron chi connectivity index (χ2n) is 6.29. The zero-order chi connectivity index (χ0) is 22.6. The third-order valence-electron chi connectivity index (χ3n) is 3.95. The molecule has 31 heavy (non-hydrogen) atoms. The first-order valence-corrected chi connectivity index (χ1v) is 11.5. The topological polar surface area (TPSA) is 102 Å². The molecule has 3 aromatic rings. The number of thiophene rings is 1. The number of esters is 1. The summed E-state index contributed by atoms with van der Waals surface area (Å²) in [5.41, 5.74) is 0.727. The van der Waals surface area contributed by atoms with Crippen molar-refractivity contribution in [3.05, 3.63) is 76.4 Å². The van der Waals surface area contributed by atoms with Gasteiger partial charge in [0.15, 0.2) is 6.10 Å². The summed E-state index contributed by atoms with van der Waals surface area (Å²) >= 11 is 6.69. The van der Waals surface area contributed by atoms with Gasteiger partial charge in [0.1, 0.15) is 10.0 Å². The average molecular weight is 483 g/mol. The number of ether oxygens (including phenoxy) is 1. The van der Waals surface area contributed by atoms with Crippen molar-refractivity contribution in [3.63, 3.8) is 0 Å². The van der Waals surface area contributed by atoms with Gasteiger partial charge in [-0.1, -0.05) is 11.6 Å². The molecule has 1 heterocycles. The summed E-state index contributed by atoms with van der Waals surface area (Å²) in [4.78, 5) is 24.4. The lowest BCUT2D eigenvalue weighted by Crippen LogP contribution is -2.30. The van der Waals surface area contributed by atoms with Gasteiger partial charge in [0.2, 0.25) is 0 Å². The van der Waals surface area contributed by atoms with Crippen LogP contribution in [0.2, 0.25) is 4.34 Å². The van der Waals surface area contributed by atoms with Gasteiger partial charge >= 0.3 is 5.97 Å². The lowest BCUT2D eigenvalue weighted by Gasteiger charge is -2.14. The Hall–Kier alpha value is -2.95. The van der Waals surface area contributed by atoms with Crippen LogP contribution >= 0.6 is 22.9 Å². The summed E-state index contributed by atoms with van der Waals surface area (Å²) in [6.07, 6.45) is -1.11. The van der Waals surface area contributed by atoms with E-state index < -0.39 is 33.8 Å². The number of benzene rings is 2. The Bertz CT molecular complexity index is 1200. The first-order chi connectivity index (χ1) is 14.6. The van der Waals surface area contributed by atoms with Gasteiger partial charge < -0.3 is 10.1 Å². The zero-order valence-electron chi connectivity index (χ0n) is 16.0. The number of amides is 1. The molecule has 3 rings (SSSR count). The highest BCUT2D eigenvalue weighted by atomic mass is 35.5. The highest BCUT2D eigenvalue weighted by molar-refractivity contribution is 7.94. The minimum absolute atomic E-state index is 0.0574. The molecule has 0 radical (unpaired) electrons. The summed E-state index contributed by atoms with van der Waals surface area (Å²) in [6.45, 7) is 1.39. The molecular formula is C20H16ClFN2O5S2. The molecule has 0 spiro atoms. The molecule has 0 unspecified atom stereocenters. The van der Waals surface area contributed by atoms with E-state index in [1.165, 1.54) is 67.6 Å². The molecule has 1 amide bonds. The van der Waals surface area contributed by atoms with Gasteiger partial charge in [-0.3, -0.25) is 9.52 Å². The van der Waals surface area contributed by atoms with E-state index in [4.69, 9.17) is 16.3 Å². The Balaban J connectivity index is 1.59. The molecule has 11 heteroatoms. The Labute approximate surface area is 186 Å². The van der Waals surface area contributed by atoms with Crippen molar-refractivity contribution in [2.75, 3.05) is 10.0 Å². The molecule has 1 aromatic heterocycles. The van der Waals surface area contributed by atoms with E-state index in [1.54, 1.807) is 0 Å². The van der Waals surface area contributed by atoms with Crippen LogP contribution in [0.25, 0.3) is 0 Å². The number of anilines is 2.